The van der Waals surface area contributed by atoms with E-state index in [1.54, 1.807) is 6.07 Å². The molecule has 15 heavy (non-hydrogen) atoms. The second-order valence-electron chi connectivity index (χ2n) is 4.16. The molecule has 1 aromatic carbocycles. The van der Waals surface area contributed by atoms with Crippen LogP contribution in [0, 0.1) is 12.8 Å². The van der Waals surface area contributed by atoms with E-state index in [1.165, 1.54) is 0 Å². The first-order valence-corrected chi connectivity index (χ1v) is 5.71. The summed E-state index contributed by atoms with van der Waals surface area (Å²) in [4.78, 5) is 11.9. The minimum atomic E-state index is 0.190. The van der Waals surface area contributed by atoms with Crippen LogP contribution in [0.15, 0.2) is 18.2 Å². The van der Waals surface area contributed by atoms with Crippen LogP contribution in [-0.4, -0.2) is 5.78 Å². The summed E-state index contributed by atoms with van der Waals surface area (Å²) in [7, 11) is 0. The SMILES string of the molecule is CCC(C)CC(=O)c1cc(C)cc(Cl)c1. The van der Waals surface area contributed by atoms with Crippen LogP contribution < -0.4 is 0 Å². The lowest BCUT2D eigenvalue weighted by molar-refractivity contribution is 0.0963. The maximum Gasteiger partial charge on any atom is 0.163 e. The van der Waals surface area contributed by atoms with Gasteiger partial charge < -0.3 is 0 Å². The molecule has 1 unspecified atom stereocenters. The van der Waals surface area contributed by atoms with Crippen LogP contribution in [-0.2, 0) is 0 Å². The predicted octanol–water partition coefficient (Wildman–Crippen LogP) is 4.27. The van der Waals surface area contributed by atoms with Gasteiger partial charge in [-0.15, -0.1) is 0 Å². The normalized spacial score (nSPS) is 12.5. The summed E-state index contributed by atoms with van der Waals surface area (Å²) in [6.45, 7) is 6.14. The summed E-state index contributed by atoms with van der Waals surface area (Å²) < 4.78 is 0. The Labute approximate surface area is 96.5 Å². The van der Waals surface area contributed by atoms with E-state index in [-0.39, 0.29) is 5.78 Å². The molecule has 2 heteroatoms. The van der Waals surface area contributed by atoms with Gasteiger partial charge in [-0.1, -0.05) is 31.9 Å². The maximum absolute atomic E-state index is 11.9. The summed E-state index contributed by atoms with van der Waals surface area (Å²) in [5.74, 6) is 0.631. The molecule has 0 amide bonds. The molecule has 0 fully saturated rings. The molecule has 1 atom stereocenters. The highest BCUT2D eigenvalue weighted by atomic mass is 35.5. The smallest absolute Gasteiger partial charge is 0.163 e. The Bertz CT molecular complexity index is 337. The van der Waals surface area contributed by atoms with Crippen molar-refractivity contribution in [3.05, 3.63) is 34.3 Å². The lowest BCUT2D eigenvalue weighted by atomic mass is 9.97. The van der Waals surface area contributed by atoms with Crippen LogP contribution in [0.3, 0.4) is 0 Å². The fourth-order valence-corrected chi connectivity index (χ4v) is 1.77. The van der Waals surface area contributed by atoms with Crippen LogP contribution in [0.25, 0.3) is 0 Å². The van der Waals surface area contributed by atoms with Gasteiger partial charge >= 0.3 is 0 Å². The molecule has 0 bridgehead atoms. The minimum Gasteiger partial charge on any atom is -0.294 e. The quantitative estimate of drug-likeness (QED) is 0.699. The topological polar surface area (TPSA) is 17.1 Å². The fraction of sp³-hybridized carbons (Fsp3) is 0.462. The molecule has 82 valence electrons. The highest BCUT2D eigenvalue weighted by Crippen LogP contribution is 2.18. The second-order valence-corrected chi connectivity index (χ2v) is 4.59. The highest BCUT2D eigenvalue weighted by molar-refractivity contribution is 6.31. The Morgan fingerprint density at radius 1 is 1.40 bits per heavy atom. The van der Waals surface area contributed by atoms with E-state index in [4.69, 9.17) is 11.6 Å². The first kappa shape index (κ1) is 12.3. The van der Waals surface area contributed by atoms with Crippen LogP contribution in [0.5, 0.6) is 0 Å². The van der Waals surface area contributed by atoms with E-state index < -0.39 is 0 Å². The van der Waals surface area contributed by atoms with Gasteiger partial charge in [0.05, 0.1) is 0 Å². The maximum atomic E-state index is 11.9. The Morgan fingerprint density at radius 2 is 2.07 bits per heavy atom. The molecule has 0 aliphatic rings. The third-order valence-electron chi connectivity index (χ3n) is 2.59. The fourth-order valence-electron chi connectivity index (χ4n) is 1.48. The van der Waals surface area contributed by atoms with E-state index in [9.17, 15) is 4.79 Å². The van der Waals surface area contributed by atoms with E-state index in [2.05, 4.69) is 13.8 Å². The molecular weight excluding hydrogens is 208 g/mol. The van der Waals surface area contributed by atoms with Gasteiger partial charge in [-0.3, -0.25) is 4.79 Å². The zero-order valence-corrected chi connectivity index (χ0v) is 10.3. The lowest BCUT2D eigenvalue weighted by Crippen LogP contribution is -2.05. The summed E-state index contributed by atoms with van der Waals surface area (Å²) >= 11 is 5.91. The third kappa shape index (κ3) is 3.67. The number of aryl methyl sites for hydroxylation is 1. The van der Waals surface area contributed by atoms with Crippen molar-refractivity contribution in [2.45, 2.75) is 33.6 Å². The zero-order chi connectivity index (χ0) is 11.4. The molecule has 0 spiro atoms. The zero-order valence-electron chi connectivity index (χ0n) is 9.51. The number of carbonyl (C=O) groups excluding carboxylic acids is 1. The molecule has 0 saturated carbocycles. The van der Waals surface area contributed by atoms with Gasteiger partial charge in [0.2, 0.25) is 0 Å². The molecule has 0 saturated heterocycles. The number of rotatable bonds is 4. The molecule has 1 nitrogen and oxygen atoms in total. The summed E-state index contributed by atoms with van der Waals surface area (Å²) in [5.41, 5.74) is 1.77. The van der Waals surface area contributed by atoms with Gasteiger partial charge in [-0.25, -0.2) is 0 Å². The molecule has 0 heterocycles. The number of ketones is 1. The standard InChI is InChI=1S/C13H17ClO/c1-4-9(2)7-13(15)11-5-10(3)6-12(14)8-11/h5-6,8-9H,4,7H2,1-3H3. The Hall–Kier alpha value is -0.820. The highest BCUT2D eigenvalue weighted by Gasteiger charge is 2.10. The average Bonchev–Trinajstić information content (AvgIpc) is 2.16. The van der Waals surface area contributed by atoms with Crippen molar-refractivity contribution in [3.8, 4) is 0 Å². The summed E-state index contributed by atoms with van der Waals surface area (Å²) in [6, 6.07) is 5.51. The Kier molecular flexibility index (Phi) is 4.34. The van der Waals surface area contributed by atoms with Gasteiger partial charge in [0.25, 0.3) is 0 Å². The van der Waals surface area contributed by atoms with Crippen molar-refractivity contribution in [2.75, 3.05) is 0 Å². The number of Topliss-reactive ketones (excluding diaryl/α,β-unsaturated/α-hetero) is 1. The molecule has 1 rings (SSSR count). The number of benzene rings is 1. The van der Waals surface area contributed by atoms with E-state index >= 15 is 0 Å². The monoisotopic (exact) mass is 224 g/mol. The van der Waals surface area contributed by atoms with Crippen molar-refractivity contribution in [3.63, 3.8) is 0 Å². The summed E-state index contributed by atoms with van der Waals surface area (Å²) in [5, 5.41) is 0.641. The average molecular weight is 225 g/mol. The second kappa shape index (κ2) is 5.32. The number of carbonyl (C=O) groups is 1. The van der Waals surface area contributed by atoms with Crippen LogP contribution >= 0.6 is 11.6 Å². The van der Waals surface area contributed by atoms with E-state index in [0.29, 0.717) is 17.4 Å². The molecule has 0 aliphatic carbocycles. The molecule has 0 N–H and O–H groups in total. The van der Waals surface area contributed by atoms with Crippen LogP contribution in [0.4, 0.5) is 0 Å². The predicted molar refractivity (Wildman–Crippen MR) is 64.6 cm³/mol. The first-order valence-electron chi connectivity index (χ1n) is 5.33. The molecular formula is C13H17ClO. The molecule has 0 aliphatic heterocycles. The Morgan fingerprint density at radius 3 is 2.60 bits per heavy atom. The number of halogens is 1. The summed E-state index contributed by atoms with van der Waals surface area (Å²) in [6.07, 6.45) is 1.64. The van der Waals surface area contributed by atoms with E-state index in [1.807, 2.05) is 19.1 Å². The van der Waals surface area contributed by atoms with Crippen LogP contribution in [0.1, 0.15) is 42.6 Å². The van der Waals surface area contributed by atoms with Crippen LogP contribution in [0.2, 0.25) is 5.02 Å². The first-order chi connectivity index (χ1) is 7.02. The molecule has 1 aromatic rings. The Balaban J connectivity index is 2.82. The van der Waals surface area contributed by atoms with Gasteiger partial charge in [-0.2, -0.15) is 0 Å². The van der Waals surface area contributed by atoms with E-state index in [0.717, 1.165) is 17.5 Å². The number of hydrogen-bond acceptors (Lipinski definition) is 1. The van der Waals surface area contributed by atoms with Gasteiger partial charge in [-0.05, 0) is 36.6 Å². The lowest BCUT2D eigenvalue weighted by Gasteiger charge is -2.08. The van der Waals surface area contributed by atoms with Gasteiger partial charge in [0.1, 0.15) is 0 Å². The molecule has 0 radical (unpaired) electrons. The van der Waals surface area contributed by atoms with Crippen molar-refractivity contribution in [1.29, 1.82) is 0 Å². The number of hydrogen-bond donors (Lipinski definition) is 0. The van der Waals surface area contributed by atoms with Gasteiger partial charge in [0, 0.05) is 17.0 Å². The minimum absolute atomic E-state index is 0.190. The van der Waals surface area contributed by atoms with Crippen molar-refractivity contribution >= 4 is 17.4 Å². The third-order valence-corrected chi connectivity index (χ3v) is 2.81. The molecule has 0 aromatic heterocycles. The largest absolute Gasteiger partial charge is 0.294 e. The van der Waals surface area contributed by atoms with Crippen molar-refractivity contribution < 1.29 is 4.79 Å². The van der Waals surface area contributed by atoms with Crippen molar-refractivity contribution in [1.82, 2.24) is 0 Å². The van der Waals surface area contributed by atoms with Gasteiger partial charge in [0.15, 0.2) is 5.78 Å². The van der Waals surface area contributed by atoms with Crippen molar-refractivity contribution in [2.24, 2.45) is 5.92 Å².